The van der Waals surface area contributed by atoms with Gasteiger partial charge in [-0.25, -0.2) is 8.42 Å². The third-order valence-corrected chi connectivity index (χ3v) is 7.30. The molecule has 0 aromatic heterocycles. The SMILES string of the molecule is NC(=O)[C@]12CCOC[C@H]1CN(S(=O)(=O)c1ccc3c(c1)COC3)C2. The van der Waals surface area contributed by atoms with E-state index in [9.17, 15) is 13.2 Å². The molecule has 8 heteroatoms. The van der Waals surface area contributed by atoms with Gasteiger partial charge < -0.3 is 15.2 Å². The fourth-order valence-corrected chi connectivity index (χ4v) is 5.55. The zero-order valence-electron chi connectivity index (χ0n) is 13.2. The molecule has 1 aromatic carbocycles. The van der Waals surface area contributed by atoms with Crippen LogP contribution in [0.15, 0.2) is 23.1 Å². The summed E-state index contributed by atoms with van der Waals surface area (Å²) >= 11 is 0. The van der Waals surface area contributed by atoms with Gasteiger partial charge in [-0.1, -0.05) is 6.07 Å². The molecule has 3 heterocycles. The number of hydrogen-bond donors (Lipinski definition) is 1. The van der Waals surface area contributed by atoms with E-state index in [-0.39, 0.29) is 23.9 Å². The van der Waals surface area contributed by atoms with Crippen molar-refractivity contribution in [3.05, 3.63) is 29.3 Å². The Kier molecular flexibility index (Phi) is 3.68. The molecule has 2 N–H and O–H groups in total. The van der Waals surface area contributed by atoms with E-state index < -0.39 is 21.3 Å². The van der Waals surface area contributed by atoms with Crippen LogP contribution < -0.4 is 5.73 Å². The van der Waals surface area contributed by atoms with Crippen molar-refractivity contribution < 1.29 is 22.7 Å². The minimum atomic E-state index is -3.68. The van der Waals surface area contributed by atoms with Gasteiger partial charge >= 0.3 is 0 Å². The lowest BCUT2D eigenvalue weighted by Crippen LogP contribution is -2.48. The van der Waals surface area contributed by atoms with Crippen LogP contribution in [0.5, 0.6) is 0 Å². The lowest BCUT2D eigenvalue weighted by atomic mass is 9.74. The van der Waals surface area contributed by atoms with Crippen LogP contribution in [0.2, 0.25) is 0 Å². The molecule has 7 nitrogen and oxygen atoms in total. The standard InChI is InChI=1S/C16H20N2O5S/c17-15(19)16-3-4-22-9-13(16)6-18(10-16)24(20,21)14-2-1-11-7-23-8-12(11)5-14/h1-2,5,13H,3-4,6-10H2,(H2,17,19)/t13-,16+/m1/s1. The number of carbonyl (C=O) groups is 1. The minimum absolute atomic E-state index is 0.131. The molecule has 0 spiro atoms. The lowest BCUT2D eigenvalue weighted by Gasteiger charge is -2.35. The molecule has 130 valence electrons. The number of rotatable bonds is 3. The summed E-state index contributed by atoms with van der Waals surface area (Å²) in [6, 6.07) is 5.08. The number of hydrogen-bond acceptors (Lipinski definition) is 5. The Hall–Kier alpha value is -1.48. The molecule has 2 saturated heterocycles. The van der Waals surface area contributed by atoms with Crippen LogP contribution in [0.4, 0.5) is 0 Å². The van der Waals surface area contributed by atoms with Crippen LogP contribution in [0.1, 0.15) is 17.5 Å². The molecular weight excluding hydrogens is 332 g/mol. The monoisotopic (exact) mass is 352 g/mol. The van der Waals surface area contributed by atoms with E-state index in [0.29, 0.717) is 32.8 Å². The third-order valence-electron chi connectivity index (χ3n) is 5.50. The summed E-state index contributed by atoms with van der Waals surface area (Å²) in [5.41, 5.74) is 6.74. The Morgan fingerprint density at radius 2 is 2.04 bits per heavy atom. The first-order valence-electron chi connectivity index (χ1n) is 8.01. The smallest absolute Gasteiger partial charge is 0.243 e. The highest BCUT2D eigenvalue weighted by molar-refractivity contribution is 7.89. The fraction of sp³-hybridized carbons (Fsp3) is 0.562. The maximum Gasteiger partial charge on any atom is 0.243 e. The summed E-state index contributed by atoms with van der Waals surface area (Å²) in [5.74, 6) is -0.618. The number of amides is 1. The van der Waals surface area contributed by atoms with E-state index in [0.717, 1.165) is 11.1 Å². The van der Waals surface area contributed by atoms with Gasteiger partial charge in [0.2, 0.25) is 15.9 Å². The number of sulfonamides is 1. The van der Waals surface area contributed by atoms with Crippen molar-refractivity contribution >= 4 is 15.9 Å². The van der Waals surface area contributed by atoms with Gasteiger partial charge in [0, 0.05) is 25.6 Å². The zero-order chi connectivity index (χ0) is 16.9. The van der Waals surface area contributed by atoms with E-state index in [1.54, 1.807) is 18.2 Å². The maximum absolute atomic E-state index is 13.0. The number of carbonyl (C=O) groups excluding carboxylic acids is 1. The second-order valence-electron chi connectivity index (χ2n) is 6.76. The zero-order valence-corrected chi connectivity index (χ0v) is 14.0. The van der Waals surface area contributed by atoms with Gasteiger partial charge in [-0.15, -0.1) is 0 Å². The van der Waals surface area contributed by atoms with Crippen molar-refractivity contribution in [3.8, 4) is 0 Å². The van der Waals surface area contributed by atoms with E-state index in [2.05, 4.69) is 0 Å². The van der Waals surface area contributed by atoms with Crippen LogP contribution in [-0.4, -0.2) is 44.9 Å². The third kappa shape index (κ3) is 2.28. The first-order valence-corrected chi connectivity index (χ1v) is 9.45. The molecule has 0 bridgehead atoms. The van der Waals surface area contributed by atoms with Crippen molar-refractivity contribution in [1.82, 2.24) is 4.31 Å². The Labute approximate surface area is 140 Å². The first kappa shape index (κ1) is 16.0. The van der Waals surface area contributed by atoms with Crippen molar-refractivity contribution in [3.63, 3.8) is 0 Å². The molecule has 3 aliphatic heterocycles. The molecule has 24 heavy (non-hydrogen) atoms. The summed E-state index contributed by atoms with van der Waals surface area (Å²) in [7, 11) is -3.68. The highest BCUT2D eigenvalue weighted by Crippen LogP contribution is 2.43. The molecule has 0 radical (unpaired) electrons. The van der Waals surface area contributed by atoms with Crippen LogP contribution in [0.3, 0.4) is 0 Å². The van der Waals surface area contributed by atoms with Crippen molar-refractivity contribution in [2.75, 3.05) is 26.3 Å². The number of nitrogens with zero attached hydrogens (tertiary/aromatic N) is 1. The lowest BCUT2D eigenvalue weighted by molar-refractivity contribution is -0.135. The van der Waals surface area contributed by atoms with E-state index in [1.165, 1.54) is 4.31 Å². The van der Waals surface area contributed by atoms with Crippen LogP contribution in [0, 0.1) is 11.3 Å². The minimum Gasteiger partial charge on any atom is -0.381 e. The topological polar surface area (TPSA) is 98.9 Å². The van der Waals surface area contributed by atoms with Gasteiger partial charge in [-0.2, -0.15) is 4.31 Å². The molecule has 2 atom stereocenters. The molecule has 0 saturated carbocycles. The number of nitrogens with two attached hydrogens (primary N) is 1. The summed E-state index contributed by atoms with van der Waals surface area (Å²) in [5, 5.41) is 0. The van der Waals surface area contributed by atoms with Crippen LogP contribution in [0.25, 0.3) is 0 Å². The molecule has 2 fully saturated rings. The Morgan fingerprint density at radius 3 is 2.79 bits per heavy atom. The first-order chi connectivity index (χ1) is 11.4. The number of ether oxygens (including phenoxy) is 2. The van der Waals surface area contributed by atoms with E-state index in [4.69, 9.17) is 15.2 Å². The maximum atomic E-state index is 13.0. The molecule has 0 unspecified atom stereocenters. The predicted octanol–water partition coefficient (Wildman–Crippen LogP) is 0.229. The van der Waals surface area contributed by atoms with E-state index >= 15 is 0 Å². The molecule has 3 aliphatic rings. The van der Waals surface area contributed by atoms with Gasteiger partial charge in [-0.05, 0) is 29.7 Å². The van der Waals surface area contributed by atoms with Gasteiger partial charge in [0.15, 0.2) is 0 Å². The Morgan fingerprint density at radius 1 is 1.25 bits per heavy atom. The highest BCUT2D eigenvalue weighted by Gasteiger charge is 2.55. The number of fused-ring (bicyclic) bond motifs is 2. The molecule has 0 aliphatic carbocycles. The molecule has 1 amide bonds. The van der Waals surface area contributed by atoms with Gasteiger partial charge in [0.25, 0.3) is 0 Å². The summed E-state index contributed by atoms with van der Waals surface area (Å²) in [4.78, 5) is 12.3. The fourth-order valence-electron chi connectivity index (χ4n) is 3.95. The summed E-state index contributed by atoms with van der Waals surface area (Å²) in [6.07, 6.45) is 0.469. The van der Waals surface area contributed by atoms with E-state index in [1.807, 2.05) is 0 Å². The van der Waals surface area contributed by atoms with Crippen molar-refractivity contribution in [2.45, 2.75) is 24.5 Å². The predicted molar refractivity (Wildman–Crippen MR) is 84.2 cm³/mol. The molecule has 4 rings (SSSR count). The Balaban J connectivity index is 1.67. The largest absolute Gasteiger partial charge is 0.381 e. The van der Waals surface area contributed by atoms with Gasteiger partial charge in [0.1, 0.15) is 0 Å². The number of benzene rings is 1. The molecule has 1 aromatic rings. The molecular formula is C16H20N2O5S. The second kappa shape index (κ2) is 5.52. The highest BCUT2D eigenvalue weighted by atomic mass is 32.2. The second-order valence-corrected chi connectivity index (χ2v) is 8.70. The summed E-state index contributed by atoms with van der Waals surface area (Å²) < 4.78 is 38.2. The average Bonchev–Trinajstić information content (AvgIpc) is 3.19. The van der Waals surface area contributed by atoms with Gasteiger partial charge in [0.05, 0.1) is 30.1 Å². The quantitative estimate of drug-likeness (QED) is 0.839. The van der Waals surface area contributed by atoms with Crippen molar-refractivity contribution in [2.24, 2.45) is 17.1 Å². The normalized spacial score (nSPS) is 30.1. The van der Waals surface area contributed by atoms with Crippen molar-refractivity contribution in [1.29, 1.82) is 0 Å². The van der Waals surface area contributed by atoms with Crippen LogP contribution in [-0.2, 0) is 37.5 Å². The average molecular weight is 352 g/mol. The van der Waals surface area contributed by atoms with Gasteiger partial charge in [-0.3, -0.25) is 4.79 Å². The van der Waals surface area contributed by atoms with Crippen LogP contribution >= 0.6 is 0 Å². The Bertz CT molecular complexity index is 794. The number of primary amides is 1. The summed E-state index contributed by atoms with van der Waals surface area (Å²) in [6.45, 7) is 2.14.